The van der Waals surface area contributed by atoms with E-state index in [1.165, 1.54) is 57.8 Å². The van der Waals surface area contributed by atoms with E-state index in [0.29, 0.717) is 5.92 Å². The Morgan fingerprint density at radius 1 is 0.875 bits per heavy atom. The van der Waals surface area contributed by atoms with Crippen LogP contribution in [0.15, 0.2) is 0 Å². The van der Waals surface area contributed by atoms with Crippen molar-refractivity contribution in [1.29, 1.82) is 0 Å². The lowest BCUT2D eigenvalue weighted by Gasteiger charge is -2.37. The Morgan fingerprint density at radius 2 is 1.42 bits per heavy atom. The molecule has 0 bridgehead atoms. The van der Waals surface area contributed by atoms with Gasteiger partial charge in [0, 0.05) is 9.52 Å². The monoisotopic (exact) mass is 356 g/mol. The Bertz CT molecular complexity index is 306. The van der Waals surface area contributed by atoms with E-state index in [9.17, 15) is 9.90 Å². The molecule has 0 aliphatic carbocycles. The lowest BCUT2D eigenvalue weighted by atomic mass is 9.81. The average molecular weight is 357 g/mol. The molecule has 0 amide bonds. The molecule has 2 nitrogen and oxygen atoms in total. The molecule has 2 unspecified atom stereocenters. The first-order valence-electron chi connectivity index (χ1n) is 10.8. The third-order valence-electron chi connectivity index (χ3n) is 5.78. The van der Waals surface area contributed by atoms with E-state index < -0.39 is 15.5 Å². The van der Waals surface area contributed by atoms with Crippen molar-refractivity contribution in [2.75, 3.05) is 0 Å². The fourth-order valence-electron chi connectivity index (χ4n) is 4.28. The fourth-order valence-corrected chi connectivity index (χ4v) is 6.78. The molecule has 0 aliphatic rings. The molecule has 144 valence electrons. The molecule has 0 saturated carbocycles. The van der Waals surface area contributed by atoms with Gasteiger partial charge in [-0.1, -0.05) is 104 Å². The zero-order chi connectivity index (χ0) is 18.3. The minimum Gasteiger partial charge on any atom is -0.481 e. The van der Waals surface area contributed by atoms with Crippen molar-refractivity contribution in [1.82, 2.24) is 0 Å². The van der Waals surface area contributed by atoms with Gasteiger partial charge in [0.1, 0.15) is 0 Å². The summed E-state index contributed by atoms with van der Waals surface area (Å²) in [5, 5.41) is 9.80. The van der Waals surface area contributed by atoms with Gasteiger partial charge < -0.3 is 5.11 Å². The summed E-state index contributed by atoms with van der Waals surface area (Å²) >= 11 is 0. The van der Waals surface area contributed by atoms with E-state index in [1.807, 2.05) is 0 Å². The average Bonchev–Trinajstić information content (AvgIpc) is 2.57. The quantitative estimate of drug-likeness (QED) is 0.236. The van der Waals surface area contributed by atoms with Crippen LogP contribution in [0.2, 0.25) is 11.1 Å². The van der Waals surface area contributed by atoms with Crippen LogP contribution in [0.5, 0.6) is 0 Å². The van der Waals surface area contributed by atoms with Gasteiger partial charge in [0.25, 0.3) is 0 Å². The highest BCUT2D eigenvalue weighted by Crippen LogP contribution is 2.46. The standard InChI is InChI=1S/C21H44O2Si/c1-5-9-11-13-15-17-19(7-3)21(20(22)23,24-8-4)18-16-14-12-10-6-2/h19H,5-18,24H2,1-4H3,(H,22,23). The van der Waals surface area contributed by atoms with E-state index in [0.717, 1.165) is 31.7 Å². The minimum absolute atomic E-state index is 0.333. The highest BCUT2D eigenvalue weighted by molar-refractivity contribution is 6.46. The van der Waals surface area contributed by atoms with Gasteiger partial charge in [0.15, 0.2) is 0 Å². The van der Waals surface area contributed by atoms with Crippen LogP contribution in [0.4, 0.5) is 0 Å². The largest absolute Gasteiger partial charge is 0.481 e. The van der Waals surface area contributed by atoms with E-state index in [-0.39, 0.29) is 5.04 Å². The third-order valence-corrected chi connectivity index (χ3v) is 8.40. The first-order chi connectivity index (χ1) is 11.6. The predicted molar refractivity (Wildman–Crippen MR) is 110 cm³/mol. The second-order valence-electron chi connectivity index (χ2n) is 7.68. The topological polar surface area (TPSA) is 37.3 Å². The van der Waals surface area contributed by atoms with Crippen molar-refractivity contribution < 1.29 is 9.90 Å². The summed E-state index contributed by atoms with van der Waals surface area (Å²) < 4.78 is 0. The number of rotatable bonds is 17. The van der Waals surface area contributed by atoms with Crippen LogP contribution >= 0.6 is 0 Å². The zero-order valence-electron chi connectivity index (χ0n) is 17.0. The molecule has 0 aromatic heterocycles. The summed E-state index contributed by atoms with van der Waals surface area (Å²) in [5.41, 5.74) is 0. The Labute approximate surface area is 154 Å². The number of unbranched alkanes of at least 4 members (excludes halogenated alkanes) is 8. The molecular formula is C21H44O2Si. The van der Waals surface area contributed by atoms with Gasteiger partial charge >= 0.3 is 5.97 Å². The van der Waals surface area contributed by atoms with Gasteiger partial charge in [-0.2, -0.15) is 0 Å². The molecule has 1 N–H and O–H groups in total. The minimum atomic E-state index is -0.560. The predicted octanol–water partition coefficient (Wildman–Crippen LogP) is 6.58. The van der Waals surface area contributed by atoms with Crippen molar-refractivity contribution in [3.8, 4) is 0 Å². The number of carbonyl (C=O) groups is 1. The van der Waals surface area contributed by atoms with Crippen LogP contribution in [0.3, 0.4) is 0 Å². The summed E-state index contributed by atoms with van der Waals surface area (Å²) in [6.07, 6.45) is 15.7. The van der Waals surface area contributed by atoms with Gasteiger partial charge in [0.05, 0.1) is 5.04 Å². The number of carboxylic acid groups (broad SMARTS) is 1. The molecule has 0 aliphatic heterocycles. The molecule has 0 aromatic rings. The Balaban J connectivity index is 4.74. The summed E-state index contributed by atoms with van der Waals surface area (Å²) in [7, 11) is -0.560. The highest BCUT2D eigenvalue weighted by Gasteiger charge is 2.43. The van der Waals surface area contributed by atoms with E-state index in [1.54, 1.807) is 0 Å². The molecule has 0 spiro atoms. The Morgan fingerprint density at radius 3 is 1.88 bits per heavy atom. The lowest BCUT2D eigenvalue weighted by Crippen LogP contribution is -2.37. The van der Waals surface area contributed by atoms with Gasteiger partial charge in [0.2, 0.25) is 0 Å². The normalized spacial score (nSPS) is 15.7. The molecule has 24 heavy (non-hydrogen) atoms. The molecule has 0 heterocycles. The number of hydrogen-bond acceptors (Lipinski definition) is 1. The van der Waals surface area contributed by atoms with Crippen LogP contribution in [-0.2, 0) is 4.79 Å². The molecule has 0 rings (SSSR count). The molecule has 0 fully saturated rings. The van der Waals surface area contributed by atoms with Crippen LogP contribution in [0, 0.1) is 5.92 Å². The molecule has 0 aromatic carbocycles. The highest BCUT2D eigenvalue weighted by atomic mass is 28.2. The number of aliphatic carboxylic acids is 1. The van der Waals surface area contributed by atoms with E-state index in [4.69, 9.17) is 0 Å². The van der Waals surface area contributed by atoms with Crippen LogP contribution in [-0.4, -0.2) is 20.6 Å². The SMILES string of the molecule is CCCCCCCC(CC)C(CCCCCCC)([SiH2]CC)C(=O)O. The van der Waals surface area contributed by atoms with Crippen molar-refractivity contribution >= 4 is 15.5 Å². The second kappa shape index (κ2) is 15.0. The molecular weight excluding hydrogens is 312 g/mol. The number of hydrogen-bond donors (Lipinski definition) is 1. The molecule has 2 atom stereocenters. The van der Waals surface area contributed by atoms with Gasteiger partial charge in [-0.15, -0.1) is 0 Å². The van der Waals surface area contributed by atoms with Crippen molar-refractivity contribution in [3.63, 3.8) is 0 Å². The second-order valence-corrected chi connectivity index (χ2v) is 10.4. The van der Waals surface area contributed by atoms with Gasteiger partial charge in [-0.3, -0.25) is 4.79 Å². The van der Waals surface area contributed by atoms with Crippen LogP contribution < -0.4 is 0 Å². The Kier molecular flexibility index (Phi) is 14.8. The summed E-state index contributed by atoms with van der Waals surface area (Å²) in [4.78, 5) is 12.3. The number of carboxylic acids is 1. The van der Waals surface area contributed by atoms with Crippen molar-refractivity contribution in [3.05, 3.63) is 0 Å². The van der Waals surface area contributed by atoms with Crippen molar-refractivity contribution in [2.24, 2.45) is 5.92 Å². The molecule has 0 saturated heterocycles. The maximum absolute atomic E-state index is 12.3. The van der Waals surface area contributed by atoms with Crippen LogP contribution in [0.1, 0.15) is 111 Å². The first kappa shape index (κ1) is 23.7. The van der Waals surface area contributed by atoms with Gasteiger partial charge in [-0.25, -0.2) is 0 Å². The first-order valence-corrected chi connectivity index (χ1v) is 12.5. The lowest BCUT2D eigenvalue weighted by molar-refractivity contribution is -0.143. The van der Waals surface area contributed by atoms with Crippen molar-refractivity contribution in [2.45, 2.75) is 122 Å². The smallest absolute Gasteiger partial charge is 0.306 e. The van der Waals surface area contributed by atoms with E-state index >= 15 is 0 Å². The van der Waals surface area contributed by atoms with Crippen LogP contribution in [0.25, 0.3) is 0 Å². The fraction of sp³-hybridized carbons (Fsp3) is 0.952. The van der Waals surface area contributed by atoms with Gasteiger partial charge in [-0.05, 0) is 18.8 Å². The maximum atomic E-state index is 12.3. The molecule has 3 heteroatoms. The zero-order valence-corrected chi connectivity index (χ0v) is 18.5. The summed E-state index contributed by atoms with van der Waals surface area (Å²) in [5.74, 6) is -0.0543. The van der Waals surface area contributed by atoms with E-state index in [2.05, 4.69) is 27.7 Å². The third kappa shape index (κ3) is 8.69. The Hall–Kier alpha value is -0.313. The molecule has 0 radical (unpaired) electrons. The summed E-state index contributed by atoms with van der Waals surface area (Å²) in [6.45, 7) is 8.90. The maximum Gasteiger partial charge on any atom is 0.306 e. The summed E-state index contributed by atoms with van der Waals surface area (Å²) in [6, 6.07) is 1.12.